The van der Waals surface area contributed by atoms with Gasteiger partial charge in [0.15, 0.2) is 0 Å². The SMILES string of the molecule is COC(=O)C1(NC(=O)c2ccc(Cl)c(S(=O)(=O)N3CCc4ccccc43)c2)CCCCC1. The molecule has 1 N–H and O–H groups in total. The van der Waals surface area contributed by atoms with Gasteiger partial charge >= 0.3 is 5.97 Å². The Morgan fingerprint density at radius 3 is 2.53 bits per heavy atom. The second-order valence-electron chi connectivity index (χ2n) is 8.19. The Bertz CT molecular complexity index is 1160. The first-order chi connectivity index (χ1) is 15.3. The van der Waals surface area contributed by atoms with Gasteiger partial charge in [0, 0.05) is 12.1 Å². The first-order valence-electron chi connectivity index (χ1n) is 10.6. The highest BCUT2D eigenvalue weighted by Gasteiger charge is 2.42. The zero-order valence-corrected chi connectivity index (χ0v) is 19.3. The summed E-state index contributed by atoms with van der Waals surface area (Å²) in [7, 11) is -2.68. The number of fused-ring (bicyclic) bond motifs is 1. The summed E-state index contributed by atoms with van der Waals surface area (Å²) in [4.78, 5) is 25.4. The number of para-hydroxylation sites is 1. The van der Waals surface area contributed by atoms with Gasteiger partial charge in [-0.05, 0) is 49.1 Å². The topological polar surface area (TPSA) is 92.8 Å². The van der Waals surface area contributed by atoms with Crippen molar-refractivity contribution in [1.29, 1.82) is 0 Å². The summed E-state index contributed by atoms with van der Waals surface area (Å²) in [5.41, 5.74) is 0.578. The summed E-state index contributed by atoms with van der Waals surface area (Å²) in [6, 6.07) is 11.4. The number of hydrogen-bond donors (Lipinski definition) is 1. The molecule has 0 aromatic heterocycles. The van der Waals surface area contributed by atoms with E-state index in [1.807, 2.05) is 12.1 Å². The first-order valence-corrected chi connectivity index (χ1v) is 12.4. The van der Waals surface area contributed by atoms with Gasteiger partial charge in [0.05, 0.1) is 17.8 Å². The standard InChI is InChI=1S/C23H25ClN2O5S/c1-31-22(28)23(12-5-2-6-13-23)25-21(27)17-9-10-18(24)20(15-17)32(29,30)26-14-11-16-7-3-4-8-19(16)26/h3-4,7-10,15H,2,5-6,11-14H2,1H3,(H,25,27). The maximum absolute atomic E-state index is 13.4. The van der Waals surface area contributed by atoms with Crippen LogP contribution >= 0.6 is 11.6 Å². The predicted octanol–water partition coefficient (Wildman–Crippen LogP) is 3.70. The number of methoxy groups -OCH3 is 1. The zero-order valence-electron chi connectivity index (χ0n) is 17.8. The third-order valence-corrected chi connectivity index (χ3v) is 8.54. The number of nitrogens with one attached hydrogen (secondary N) is 1. The molecule has 32 heavy (non-hydrogen) atoms. The molecule has 0 unspecified atom stereocenters. The van der Waals surface area contributed by atoms with Crippen molar-refractivity contribution in [3.05, 3.63) is 58.6 Å². The molecule has 1 saturated carbocycles. The molecule has 4 rings (SSSR count). The van der Waals surface area contributed by atoms with Crippen molar-refractivity contribution < 1.29 is 22.7 Å². The van der Waals surface area contributed by atoms with E-state index in [1.165, 1.54) is 29.6 Å². The van der Waals surface area contributed by atoms with E-state index in [9.17, 15) is 18.0 Å². The van der Waals surface area contributed by atoms with Crippen LogP contribution < -0.4 is 9.62 Å². The fourth-order valence-electron chi connectivity index (χ4n) is 4.54. The molecule has 170 valence electrons. The molecule has 9 heteroatoms. The number of amides is 1. The van der Waals surface area contributed by atoms with Crippen LogP contribution in [0.5, 0.6) is 0 Å². The highest BCUT2D eigenvalue weighted by molar-refractivity contribution is 7.93. The molecule has 0 bridgehead atoms. The lowest BCUT2D eigenvalue weighted by molar-refractivity contribution is -0.149. The van der Waals surface area contributed by atoms with Crippen LogP contribution in [-0.2, 0) is 26.0 Å². The molecule has 0 spiro atoms. The molecule has 2 aromatic carbocycles. The molecule has 1 fully saturated rings. The van der Waals surface area contributed by atoms with Crippen molar-refractivity contribution in [1.82, 2.24) is 5.32 Å². The Hall–Kier alpha value is -2.58. The van der Waals surface area contributed by atoms with Crippen LogP contribution in [0.15, 0.2) is 47.4 Å². The van der Waals surface area contributed by atoms with Crippen molar-refractivity contribution >= 4 is 39.2 Å². The highest BCUT2D eigenvalue weighted by Crippen LogP contribution is 2.35. The minimum atomic E-state index is -3.98. The highest BCUT2D eigenvalue weighted by atomic mass is 35.5. The van der Waals surface area contributed by atoms with E-state index in [-0.39, 0.29) is 15.5 Å². The Kier molecular flexibility index (Phi) is 6.18. The largest absolute Gasteiger partial charge is 0.467 e. The number of hydrogen-bond acceptors (Lipinski definition) is 5. The first kappa shape index (κ1) is 22.6. The van der Waals surface area contributed by atoms with Crippen LogP contribution in [0.25, 0.3) is 0 Å². The Balaban J connectivity index is 1.66. The summed E-state index contributed by atoms with van der Waals surface area (Å²) in [6.45, 7) is 0.305. The predicted molar refractivity (Wildman–Crippen MR) is 121 cm³/mol. The fourth-order valence-corrected chi connectivity index (χ4v) is 6.55. The number of anilines is 1. The van der Waals surface area contributed by atoms with E-state index in [0.717, 1.165) is 24.8 Å². The summed E-state index contributed by atoms with van der Waals surface area (Å²) >= 11 is 6.27. The minimum Gasteiger partial charge on any atom is -0.467 e. The van der Waals surface area contributed by atoms with Gasteiger partial charge in [0.1, 0.15) is 10.4 Å². The maximum Gasteiger partial charge on any atom is 0.331 e. The lowest BCUT2D eigenvalue weighted by atomic mass is 9.81. The number of rotatable bonds is 5. The van der Waals surface area contributed by atoms with Crippen molar-refractivity contribution in [2.45, 2.75) is 49.0 Å². The van der Waals surface area contributed by atoms with Crippen LogP contribution in [-0.4, -0.2) is 39.5 Å². The van der Waals surface area contributed by atoms with Crippen LogP contribution in [0.3, 0.4) is 0 Å². The van der Waals surface area contributed by atoms with Crippen LogP contribution in [0.2, 0.25) is 5.02 Å². The third kappa shape index (κ3) is 3.97. The van der Waals surface area contributed by atoms with Crippen LogP contribution in [0.1, 0.15) is 48.0 Å². The van der Waals surface area contributed by atoms with Gasteiger partial charge < -0.3 is 10.1 Å². The van der Waals surface area contributed by atoms with Crippen LogP contribution in [0, 0.1) is 0 Å². The molecule has 0 radical (unpaired) electrons. The number of esters is 1. The number of sulfonamides is 1. The average Bonchev–Trinajstić information content (AvgIpc) is 3.24. The van der Waals surface area contributed by atoms with E-state index in [2.05, 4.69) is 5.32 Å². The van der Waals surface area contributed by atoms with Crippen molar-refractivity contribution in [2.75, 3.05) is 18.0 Å². The summed E-state index contributed by atoms with van der Waals surface area (Å²) in [5, 5.41) is 2.85. The summed E-state index contributed by atoms with van der Waals surface area (Å²) in [5.74, 6) is -1.02. The average molecular weight is 477 g/mol. The molecular weight excluding hydrogens is 452 g/mol. The molecule has 1 amide bonds. The van der Waals surface area contributed by atoms with Gasteiger partial charge in [-0.3, -0.25) is 9.10 Å². The molecule has 2 aliphatic rings. The van der Waals surface area contributed by atoms with Crippen molar-refractivity contribution in [2.24, 2.45) is 0 Å². The van der Waals surface area contributed by atoms with E-state index >= 15 is 0 Å². The number of halogens is 1. The zero-order chi connectivity index (χ0) is 22.9. The monoisotopic (exact) mass is 476 g/mol. The molecule has 2 aromatic rings. The number of nitrogens with zero attached hydrogens (tertiary/aromatic N) is 1. The summed E-state index contributed by atoms with van der Waals surface area (Å²) in [6.07, 6.45) is 4.14. The van der Waals surface area contributed by atoms with Gasteiger partial charge in [0.25, 0.3) is 15.9 Å². The number of carbonyl (C=O) groups excluding carboxylic acids is 2. The number of carbonyl (C=O) groups is 2. The lowest BCUT2D eigenvalue weighted by Crippen LogP contribution is -2.56. The molecule has 1 aliphatic heterocycles. The number of benzene rings is 2. The van der Waals surface area contributed by atoms with Gasteiger partial charge in [-0.25, -0.2) is 13.2 Å². The molecular formula is C23H25ClN2O5S. The molecule has 1 heterocycles. The van der Waals surface area contributed by atoms with Gasteiger partial charge in [-0.2, -0.15) is 0 Å². The summed E-state index contributed by atoms with van der Waals surface area (Å²) < 4.78 is 33.1. The molecule has 0 atom stereocenters. The van der Waals surface area contributed by atoms with Gasteiger partial charge in [-0.1, -0.05) is 49.1 Å². The third-order valence-electron chi connectivity index (χ3n) is 6.24. The molecule has 1 aliphatic carbocycles. The van der Waals surface area contributed by atoms with E-state index in [0.29, 0.717) is 31.5 Å². The Labute approximate surface area is 192 Å². The lowest BCUT2D eigenvalue weighted by Gasteiger charge is -2.35. The van der Waals surface area contributed by atoms with Crippen LogP contribution in [0.4, 0.5) is 5.69 Å². The minimum absolute atomic E-state index is 0.0336. The van der Waals surface area contributed by atoms with E-state index < -0.39 is 27.4 Å². The normalized spacial score (nSPS) is 17.5. The quantitative estimate of drug-likeness (QED) is 0.664. The smallest absolute Gasteiger partial charge is 0.331 e. The van der Waals surface area contributed by atoms with Gasteiger partial charge in [-0.15, -0.1) is 0 Å². The maximum atomic E-state index is 13.4. The van der Waals surface area contributed by atoms with Crippen molar-refractivity contribution in [3.8, 4) is 0 Å². The number of ether oxygens (including phenoxy) is 1. The van der Waals surface area contributed by atoms with Crippen molar-refractivity contribution in [3.63, 3.8) is 0 Å². The Morgan fingerprint density at radius 1 is 1.09 bits per heavy atom. The fraction of sp³-hybridized carbons (Fsp3) is 0.391. The van der Waals surface area contributed by atoms with Gasteiger partial charge in [0.2, 0.25) is 0 Å². The van der Waals surface area contributed by atoms with E-state index in [4.69, 9.17) is 16.3 Å². The van der Waals surface area contributed by atoms with E-state index in [1.54, 1.807) is 12.1 Å². The second kappa shape index (κ2) is 8.75. The Morgan fingerprint density at radius 2 is 1.81 bits per heavy atom. The molecule has 0 saturated heterocycles. The molecule has 7 nitrogen and oxygen atoms in total. The second-order valence-corrected chi connectivity index (χ2v) is 10.4.